The molecule has 18 heavy (non-hydrogen) atoms. The van der Waals surface area contributed by atoms with Crippen LogP contribution >= 0.6 is 0 Å². The normalized spacial score (nSPS) is 10.2. The Bertz CT molecular complexity index is 431. The fourth-order valence-corrected chi connectivity index (χ4v) is 1.34. The molecule has 0 heterocycles. The molecule has 0 saturated carbocycles. The summed E-state index contributed by atoms with van der Waals surface area (Å²) in [4.78, 5) is 15.0. The maximum Gasteiger partial charge on any atom is 0.331 e. The van der Waals surface area contributed by atoms with E-state index in [0.29, 0.717) is 22.8 Å². The van der Waals surface area contributed by atoms with Crippen LogP contribution in [0.15, 0.2) is 17.3 Å². The molecule has 1 rings (SSSR count). The van der Waals surface area contributed by atoms with Crippen molar-refractivity contribution in [1.29, 1.82) is 0 Å². The monoisotopic (exact) mass is 253 g/mol. The number of hydrogen-bond acceptors (Lipinski definition) is 6. The molecule has 0 atom stereocenters. The minimum Gasteiger partial charge on any atom is -0.493 e. The van der Waals surface area contributed by atoms with E-state index in [1.54, 1.807) is 12.1 Å². The van der Waals surface area contributed by atoms with Crippen LogP contribution in [-0.4, -0.2) is 33.5 Å². The van der Waals surface area contributed by atoms with Gasteiger partial charge in [-0.15, -0.1) is 0 Å². The second-order valence-electron chi connectivity index (χ2n) is 3.28. The highest BCUT2D eigenvalue weighted by Gasteiger charge is 2.12. The van der Waals surface area contributed by atoms with E-state index in [0.717, 1.165) is 0 Å². The highest BCUT2D eigenvalue weighted by atomic mass is 16.7. The Morgan fingerprint density at radius 3 is 2.06 bits per heavy atom. The molecule has 1 aromatic rings. The van der Waals surface area contributed by atoms with Crippen LogP contribution in [0.1, 0.15) is 12.5 Å². The van der Waals surface area contributed by atoms with Gasteiger partial charge in [0.2, 0.25) is 5.75 Å². The molecule has 6 nitrogen and oxygen atoms in total. The third-order valence-electron chi connectivity index (χ3n) is 2.07. The molecule has 0 saturated heterocycles. The topological polar surface area (TPSA) is 66.4 Å². The lowest BCUT2D eigenvalue weighted by Crippen LogP contribution is -1.97. The van der Waals surface area contributed by atoms with Crippen molar-refractivity contribution in [3.63, 3.8) is 0 Å². The first-order valence-electron chi connectivity index (χ1n) is 5.13. The third kappa shape index (κ3) is 3.38. The van der Waals surface area contributed by atoms with E-state index in [1.165, 1.54) is 34.5 Å². The van der Waals surface area contributed by atoms with E-state index in [4.69, 9.17) is 14.2 Å². The largest absolute Gasteiger partial charge is 0.493 e. The molecule has 0 aromatic heterocycles. The summed E-state index contributed by atoms with van der Waals surface area (Å²) in [5.41, 5.74) is 0.658. The number of nitrogens with zero attached hydrogens (tertiary/aromatic N) is 1. The quantitative estimate of drug-likeness (QED) is 0.453. The van der Waals surface area contributed by atoms with Gasteiger partial charge in [0.05, 0.1) is 27.5 Å². The smallest absolute Gasteiger partial charge is 0.331 e. The number of carbonyl (C=O) groups excluding carboxylic acids is 1. The van der Waals surface area contributed by atoms with Crippen LogP contribution in [0, 0.1) is 0 Å². The Hall–Kier alpha value is -2.24. The fraction of sp³-hybridized carbons (Fsp3) is 0.333. The summed E-state index contributed by atoms with van der Waals surface area (Å²) < 4.78 is 15.5. The maximum atomic E-state index is 10.6. The minimum atomic E-state index is -0.487. The van der Waals surface area contributed by atoms with Gasteiger partial charge in [-0.2, -0.15) is 0 Å². The van der Waals surface area contributed by atoms with E-state index >= 15 is 0 Å². The van der Waals surface area contributed by atoms with Gasteiger partial charge in [0.15, 0.2) is 11.5 Å². The van der Waals surface area contributed by atoms with Crippen molar-refractivity contribution in [2.45, 2.75) is 6.92 Å². The molecule has 0 aliphatic rings. The molecule has 98 valence electrons. The molecule has 6 heteroatoms. The van der Waals surface area contributed by atoms with E-state index in [1.807, 2.05) is 0 Å². The zero-order valence-corrected chi connectivity index (χ0v) is 10.7. The number of oxime groups is 1. The SMILES string of the molecule is COc1cc(/C=N\OC(C)=O)cc(OC)c1OC. The van der Waals surface area contributed by atoms with Crippen molar-refractivity contribution in [3.05, 3.63) is 17.7 Å². The predicted molar refractivity (Wildman–Crippen MR) is 65.5 cm³/mol. The Kier molecular flexibility index (Phi) is 4.98. The molecular formula is C12H15NO5. The molecule has 0 fully saturated rings. The molecule has 0 aliphatic carbocycles. The lowest BCUT2D eigenvalue weighted by atomic mass is 10.2. The number of methoxy groups -OCH3 is 3. The van der Waals surface area contributed by atoms with Gasteiger partial charge < -0.3 is 19.0 Å². The zero-order valence-electron chi connectivity index (χ0n) is 10.7. The second kappa shape index (κ2) is 6.48. The Balaban J connectivity index is 3.07. The van der Waals surface area contributed by atoms with Crippen molar-refractivity contribution in [2.75, 3.05) is 21.3 Å². The van der Waals surface area contributed by atoms with Gasteiger partial charge in [-0.1, -0.05) is 5.16 Å². The molecule has 0 bridgehead atoms. The lowest BCUT2D eigenvalue weighted by molar-refractivity contribution is -0.140. The number of hydrogen-bond donors (Lipinski definition) is 0. The van der Waals surface area contributed by atoms with Crippen LogP contribution in [0.2, 0.25) is 0 Å². The van der Waals surface area contributed by atoms with Gasteiger partial charge in [-0.05, 0) is 12.1 Å². The molecule has 0 radical (unpaired) electrons. The van der Waals surface area contributed by atoms with Gasteiger partial charge in [0.1, 0.15) is 0 Å². The summed E-state index contributed by atoms with van der Waals surface area (Å²) in [5, 5.41) is 3.52. The van der Waals surface area contributed by atoms with Crippen LogP contribution in [0.5, 0.6) is 17.2 Å². The minimum absolute atomic E-state index is 0.487. The molecule has 0 N–H and O–H groups in total. The van der Waals surface area contributed by atoms with Crippen molar-refractivity contribution in [2.24, 2.45) is 5.16 Å². The molecular weight excluding hydrogens is 238 g/mol. The average Bonchev–Trinajstić information content (AvgIpc) is 2.36. The number of ether oxygens (including phenoxy) is 3. The molecule has 1 aromatic carbocycles. The van der Waals surface area contributed by atoms with Gasteiger partial charge in [0, 0.05) is 12.5 Å². The molecule has 0 unspecified atom stereocenters. The second-order valence-corrected chi connectivity index (χ2v) is 3.28. The van der Waals surface area contributed by atoms with Crippen molar-refractivity contribution in [3.8, 4) is 17.2 Å². The van der Waals surface area contributed by atoms with Crippen LogP contribution < -0.4 is 14.2 Å². The number of benzene rings is 1. The van der Waals surface area contributed by atoms with E-state index in [9.17, 15) is 4.79 Å². The Morgan fingerprint density at radius 1 is 1.11 bits per heavy atom. The van der Waals surface area contributed by atoms with Gasteiger partial charge >= 0.3 is 5.97 Å². The zero-order chi connectivity index (χ0) is 13.5. The highest BCUT2D eigenvalue weighted by molar-refractivity contribution is 5.82. The van der Waals surface area contributed by atoms with Crippen LogP contribution in [0.25, 0.3) is 0 Å². The average molecular weight is 253 g/mol. The van der Waals surface area contributed by atoms with Crippen LogP contribution in [0.3, 0.4) is 0 Å². The summed E-state index contributed by atoms with van der Waals surface area (Å²) in [7, 11) is 4.56. The standard InChI is InChI=1S/C12H15NO5/c1-8(14)18-13-7-9-5-10(15-2)12(17-4)11(6-9)16-3/h5-7H,1-4H3/b13-7-. The Labute approximate surface area is 105 Å². The first-order valence-corrected chi connectivity index (χ1v) is 5.13. The summed E-state index contributed by atoms with van der Waals surface area (Å²) in [5.74, 6) is 1.01. The van der Waals surface area contributed by atoms with Crippen molar-refractivity contribution < 1.29 is 23.8 Å². The fourth-order valence-electron chi connectivity index (χ4n) is 1.34. The summed E-state index contributed by atoms with van der Waals surface area (Å²) in [6.45, 7) is 1.27. The van der Waals surface area contributed by atoms with E-state index < -0.39 is 5.97 Å². The predicted octanol–water partition coefficient (Wildman–Crippen LogP) is 1.61. The van der Waals surface area contributed by atoms with E-state index in [2.05, 4.69) is 9.99 Å². The first kappa shape index (κ1) is 13.8. The van der Waals surface area contributed by atoms with Crippen molar-refractivity contribution >= 4 is 12.2 Å². The highest BCUT2D eigenvalue weighted by Crippen LogP contribution is 2.37. The Morgan fingerprint density at radius 2 is 1.67 bits per heavy atom. The van der Waals surface area contributed by atoms with Gasteiger partial charge in [0.25, 0.3) is 0 Å². The van der Waals surface area contributed by atoms with Crippen LogP contribution in [0.4, 0.5) is 0 Å². The number of rotatable bonds is 5. The molecule has 0 aliphatic heterocycles. The van der Waals surface area contributed by atoms with Crippen molar-refractivity contribution in [1.82, 2.24) is 0 Å². The summed E-state index contributed by atoms with van der Waals surface area (Å²) >= 11 is 0. The van der Waals surface area contributed by atoms with Crippen LogP contribution in [-0.2, 0) is 9.63 Å². The van der Waals surface area contributed by atoms with E-state index in [-0.39, 0.29) is 0 Å². The van der Waals surface area contributed by atoms with Gasteiger partial charge in [-0.25, -0.2) is 4.79 Å². The van der Waals surface area contributed by atoms with Gasteiger partial charge in [-0.3, -0.25) is 0 Å². The number of carbonyl (C=O) groups is 1. The summed E-state index contributed by atoms with van der Waals surface area (Å²) in [6.07, 6.45) is 1.38. The lowest BCUT2D eigenvalue weighted by Gasteiger charge is -2.12. The molecule has 0 amide bonds. The first-order chi connectivity index (χ1) is 8.62. The third-order valence-corrected chi connectivity index (χ3v) is 2.07. The summed E-state index contributed by atoms with van der Waals surface area (Å²) in [6, 6.07) is 3.38. The maximum absolute atomic E-state index is 10.6. The molecule has 0 spiro atoms.